The summed E-state index contributed by atoms with van der Waals surface area (Å²) in [5.41, 5.74) is -0.887. The van der Waals surface area contributed by atoms with Crippen molar-refractivity contribution in [1.82, 2.24) is 5.32 Å². The predicted molar refractivity (Wildman–Crippen MR) is 61.7 cm³/mol. The Bertz CT molecular complexity index is 460. The largest absolute Gasteiger partial charge is 0.353 e. The van der Waals surface area contributed by atoms with E-state index in [2.05, 4.69) is 5.32 Å². The standard InChI is InChI=1S/C11H16N2O3S/c12-8-11(4-2-5-11)10(14)13-7-9-3-1-6-17(9,15)16/h9H,1-7H2,(H,13,14). The number of nitrogens with zero attached hydrogens (tertiary/aromatic N) is 1. The summed E-state index contributed by atoms with van der Waals surface area (Å²) < 4.78 is 23.1. The van der Waals surface area contributed by atoms with E-state index in [1.165, 1.54) is 0 Å². The van der Waals surface area contributed by atoms with Crippen LogP contribution in [0.4, 0.5) is 0 Å². The lowest BCUT2D eigenvalue weighted by atomic mass is 9.69. The molecule has 2 rings (SSSR count). The molecule has 0 aromatic rings. The highest BCUT2D eigenvalue weighted by molar-refractivity contribution is 7.92. The van der Waals surface area contributed by atoms with Gasteiger partial charge in [0.25, 0.3) is 0 Å². The highest BCUT2D eigenvalue weighted by atomic mass is 32.2. The average molecular weight is 256 g/mol. The Morgan fingerprint density at radius 2 is 2.12 bits per heavy atom. The van der Waals surface area contributed by atoms with E-state index in [1.807, 2.05) is 6.07 Å². The zero-order valence-electron chi connectivity index (χ0n) is 9.61. The van der Waals surface area contributed by atoms with Crippen molar-refractivity contribution in [2.75, 3.05) is 12.3 Å². The molecule has 1 N–H and O–H groups in total. The van der Waals surface area contributed by atoms with Crippen LogP contribution in [0.15, 0.2) is 0 Å². The minimum Gasteiger partial charge on any atom is -0.353 e. The van der Waals surface area contributed by atoms with E-state index in [4.69, 9.17) is 5.26 Å². The van der Waals surface area contributed by atoms with Gasteiger partial charge in [0, 0.05) is 6.54 Å². The summed E-state index contributed by atoms with van der Waals surface area (Å²) >= 11 is 0. The monoisotopic (exact) mass is 256 g/mol. The van der Waals surface area contributed by atoms with Crippen molar-refractivity contribution in [2.45, 2.75) is 37.4 Å². The first-order valence-corrected chi connectivity index (χ1v) is 7.63. The van der Waals surface area contributed by atoms with Crippen molar-refractivity contribution < 1.29 is 13.2 Å². The van der Waals surface area contributed by atoms with Gasteiger partial charge in [0.2, 0.25) is 5.91 Å². The second-order valence-electron chi connectivity index (χ2n) is 4.89. The molecule has 1 saturated carbocycles. The van der Waals surface area contributed by atoms with Gasteiger partial charge < -0.3 is 5.32 Å². The summed E-state index contributed by atoms with van der Waals surface area (Å²) in [5.74, 6) is -0.0786. The van der Waals surface area contributed by atoms with Gasteiger partial charge >= 0.3 is 0 Å². The maximum absolute atomic E-state index is 11.8. The molecule has 5 nitrogen and oxygen atoms in total. The van der Waals surface area contributed by atoms with E-state index >= 15 is 0 Å². The highest BCUT2D eigenvalue weighted by Gasteiger charge is 2.45. The fourth-order valence-corrected chi connectivity index (χ4v) is 4.15. The molecule has 94 valence electrons. The minimum absolute atomic E-state index is 0.157. The number of sulfone groups is 1. The van der Waals surface area contributed by atoms with Crippen LogP contribution in [0, 0.1) is 16.7 Å². The number of carbonyl (C=O) groups is 1. The van der Waals surface area contributed by atoms with Crippen molar-refractivity contribution in [3.8, 4) is 6.07 Å². The Balaban J connectivity index is 1.91. The lowest BCUT2D eigenvalue weighted by Gasteiger charge is -2.33. The number of nitriles is 1. The van der Waals surface area contributed by atoms with Gasteiger partial charge in [0.1, 0.15) is 5.41 Å². The van der Waals surface area contributed by atoms with Crippen LogP contribution < -0.4 is 5.32 Å². The molecule has 0 radical (unpaired) electrons. The summed E-state index contributed by atoms with van der Waals surface area (Å²) in [6.45, 7) is 0.157. The van der Waals surface area contributed by atoms with Crippen LogP contribution in [0.5, 0.6) is 0 Å². The van der Waals surface area contributed by atoms with Crippen LogP contribution >= 0.6 is 0 Å². The summed E-state index contributed by atoms with van der Waals surface area (Å²) in [5, 5.41) is 11.1. The molecule has 2 aliphatic rings. The van der Waals surface area contributed by atoms with Gasteiger partial charge in [-0.2, -0.15) is 5.26 Å². The van der Waals surface area contributed by atoms with Crippen molar-refractivity contribution >= 4 is 15.7 Å². The van der Waals surface area contributed by atoms with E-state index in [9.17, 15) is 13.2 Å². The second-order valence-corrected chi connectivity index (χ2v) is 7.29. The van der Waals surface area contributed by atoms with E-state index in [1.54, 1.807) is 0 Å². The van der Waals surface area contributed by atoms with Gasteiger partial charge in [-0.05, 0) is 32.1 Å². The third-order valence-electron chi connectivity index (χ3n) is 3.81. The van der Waals surface area contributed by atoms with Crippen molar-refractivity contribution in [3.63, 3.8) is 0 Å². The fourth-order valence-electron chi connectivity index (χ4n) is 2.38. The van der Waals surface area contributed by atoms with Crippen LogP contribution in [-0.2, 0) is 14.6 Å². The molecule has 17 heavy (non-hydrogen) atoms. The Labute approximate surface area is 101 Å². The SMILES string of the molecule is N#CC1(C(=O)NCC2CCCS2(=O)=O)CCC1. The molecule has 1 amide bonds. The first kappa shape index (κ1) is 12.4. The molecule has 1 aliphatic heterocycles. The lowest BCUT2D eigenvalue weighted by Crippen LogP contribution is -2.47. The number of carbonyl (C=O) groups excluding carboxylic acids is 1. The zero-order valence-corrected chi connectivity index (χ0v) is 10.4. The number of hydrogen-bond donors (Lipinski definition) is 1. The predicted octanol–water partition coefficient (Wildman–Crippen LogP) is 0.374. The van der Waals surface area contributed by atoms with Gasteiger partial charge in [0.05, 0.1) is 17.1 Å². The van der Waals surface area contributed by atoms with E-state index in [-0.39, 0.29) is 18.2 Å². The van der Waals surface area contributed by atoms with E-state index < -0.39 is 20.5 Å². The molecular formula is C11H16N2O3S. The van der Waals surface area contributed by atoms with Crippen LogP contribution in [0.2, 0.25) is 0 Å². The van der Waals surface area contributed by atoms with Crippen LogP contribution in [0.1, 0.15) is 32.1 Å². The average Bonchev–Trinajstić information content (AvgIpc) is 2.54. The third kappa shape index (κ3) is 2.16. The quantitative estimate of drug-likeness (QED) is 0.790. The third-order valence-corrected chi connectivity index (χ3v) is 6.08. The molecule has 1 unspecified atom stereocenters. The molecule has 0 bridgehead atoms. The molecule has 0 spiro atoms. The number of rotatable bonds is 3. The molecule has 1 aliphatic carbocycles. The second kappa shape index (κ2) is 4.30. The maximum atomic E-state index is 11.8. The molecule has 0 aromatic carbocycles. The van der Waals surface area contributed by atoms with Crippen molar-refractivity contribution in [2.24, 2.45) is 5.41 Å². The van der Waals surface area contributed by atoms with Gasteiger partial charge in [-0.25, -0.2) is 8.42 Å². The summed E-state index contributed by atoms with van der Waals surface area (Å²) in [6, 6.07) is 2.05. The van der Waals surface area contributed by atoms with Gasteiger partial charge in [-0.1, -0.05) is 0 Å². The first-order chi connectivity index (χ1) is 8.00. The lowest BCUT2D eigenvalue weighted by molar-refractivity contribution is -0.131. The van der Waals surface area contributed by atoms with Crippen molar-refractivity contribution in [3.05, 3.63) is 0 Å². The summed E-state index contributed by atoms with van der Waals surface area (Å²) in [7, 11) is -3.02. The Hall–Kier alpha value is -1.09. The zero-order chi connectivity index (χ0) is 12.5. The molecule has 6 heteroatoms. The molecule has 1 heterocycles. The molecular weight excluding hydrogens is 240 g/mol. The Morgan fingerprint density at radius 1 is 1.41 bits per heavy atom. The first-order valence-electron chi connectivity index (χ1n) is 5.91. The smallest absolute Gasteiger partial charge is 0.240 e. The van der Waals surface area contributed by atoms with Crippen LogP contribution in [0.3, 0.4) is 0 Å². The molecule has 2 fully saturated rings. The summed E-state index contributed by atoms with van der Waals surface area (Å²) in [6.07, 6.45) is 3.36. The van der Waals surface area contributed by atoms with Crippen LogP contribution in [0.25, 0.3) is 0 Å². The Kier molecular flexibility index (Phi) is 3.13. The number of amides is 1. The van der Waals surface area contributed by atoms with Crippen molar-refractivity contribution in [1.29, 1.82) is 5.26 Å². The van der Waals surface area contributed by atoms with Gasteiger partial charge in [-0.15, -0.1) is 0 Å². The van der Waals surface area contributed by atoms with Gasteiger partial charge in [-0.3, -0.25) is 4.79 Å². The van der Waals surface area contributed by atoms with Crippen LogP contribution in [-0.4, -0.2) is 31.9 Å². The number of nitrogens with one attached hydrogen (secondary N) is 1. The minimum atomic E-state index is -3.02. The maximum Gasteiger partial charge on any atom is 0.240 e. The molecule has 1 saturated heterocycles. The summed E-state index contributed by atoms with van der Waals surface area (Å²) in [4.78, 5) is 11.8. The molecule has 1 atom stereocenters. The fraction of sp³-hybridized carbons (Fsp3) is 0.818. The van der Waals surface area contributed by atoms with E-state index in [0.717, 1.165) is 6.42 Å². The van der Waals surface area contributed by atoms with E-state index in [0.29, 0.717) is 25.7 Å². The normalized spacial score (nSPS) is 29.0. The number of hydrogen-bond acceptors (Lipinski definition) is 4. The Morgan fingerprint density at radius 3 is 2.53 bits per heavy atom. The topological polar surface area (TPSA) is 87.0 Å². The van der Waals surface area contributed by atoms with Gasteiger partial charge in [0.15, 0.2) is 9.84 Å². The highest BCUT2D eigenvalue weighted by Crippen LogP contribution is 2.40. The molecule has 0 aromatic heterocycles.